The van der Waals surface area contributed by atoms with Crippen LogP contribution < -0.4 is 19.7 Å². The minimum atomic E-state index is -0.431. The highest BCUT2D eigenvalue weighted by atomic mass is 16.5. The number of ether oxygens (including phenoxy) is 2. The van der Waals surface area contributed by atoms with Crippen LogP contribution >= 0.6 is 0 Å². The second-order valence-corrected chi connectivity index (χ2v) is 5.65. The maximum atomic E-state index is 12.5. The molecule has 2 amide bonds. The number of amides is 2. The Morgan fingerprint density at radius 2 is 1.96 bits per heavy atom. The van der Waals surface area contributed by atoms with E-state index in [0.717, 1.165) is 5.69 Å². The molecular weight excluding hydrogens is 322 g/mol. The third kappa shape index (κ3) is 3.55. The van der Waals surface area contributed by atoms with Gasteiger partial charge in [0.05, 0.1) is 20.1 Å². The summed E-state index contributed by atoms with van der Waals surface area (Å²) in [5.41, 5.74) is 1.24. The number of rotatable bonds is 5. The van der Waals surface area contributed by atoms with Crippen LogP contribution in [0.15, 0.2) is 42.6 Å². The van der Waals surface area contributed by atoms with Gasteiger partial charge in [0.2, 0.25) is 17.7 Å². The molecule has 2 heterocycles. The molecule has 1 aliphatic heterocycles. The Kier molecular flexibility index (Phi) is 4.83. The zero-order valence-electron chi connectivity index (χ0n) is 14.1. The van der Waals surface area contributed by atoms with Gasteiger partial charge in [-0.15, -0.1) is 0 Å². The number of nitrogens with one attached hydrogen (secondary N) is 1. The molecule has 0 spiro atoms. The van der Waals surface area contributed by atoms with Crippen molar-refractivity contribution in [2.75, 3.05) is 31.0 Å². The second-order valence-electron chi connectivity index (χ2n) is 5.65. The van der Waals surface area contributed by atoms with Gasteiger partial charge >= 0.3 is 0 Å². The van der Waals surface area contributed by atoms with Crippen molar-refractivity contribution < 1.29 is 19.1 Å². The van der Waals surface area contributed by atoms with Gasteiger partial charge in [-0.05, 0) is 36.4 Å². The van der Waals surface area contributed by atoms with Crippen molar-refractivity contribution in [3.8, 4) is 11.6 Å². The number of aromatic nitrogens is 1. The van der Waals surface area contributed by atoms with Crippen LogP contribution in [0.5, 0.6) is 11.6 Å². The lowest BCUT2D eigenvalue weighted by Crippen LogP contribution is -2.28. The van der Waals surface area contributed by atoms with Gasteiger partial charge in [-0.2, -0.15) is 0 Å². The van der Waals surface area contributed by atoms with Crippen molar-refractivity contribution in [2.24, 2.45) is 5.92 Å². The average Bonchev–Trinajstić information content (AvgIpc) is 3.04. The fraction of sp³-hybridized carbons (Fsp3) is 0.278. The van der Waals surface area contributed by atoms with Gasteiger partial charge in [0.15, 0.2) is 0 Å². The molecule has 1 fully saturated rings. The minimum Gasteiger partial charge on any atom is -0.497 e. The van der Waals surface area contributed by atoms with Gasteiger partial charge < -0.3 is 19.7 Å². The molecule has 1 aromatic heterocycles. The van der Waals surface area contributed by atoms with E-state index < -0.39 is 5.92 Å². The van der Waals surface area contributed by atoms with Crippen LogP contribution in [0.4, 0.5) is 11.4 Å². The van der Waals surface area contributed by atoms with Crippen molar-refractivity contribution in [3.05, 3.63) is 42.6 Å². The van der Waals surface area contributed by atoms with Crippen molar-refractivity contribution in [1.29, 1.82) is 0 Å². The molecular formula is C18H19N3O4. The maximum absolute atomic E-state index is 12.5. The first-order valence-corrected chi connectivity index (χ1v) is 7.86. The largest absolute Gasteiger partial charge is 0.497 e. The van der Waals surface area contributed by atoms with Crippen LogP contribution in [0.1, 0.15) is 6.42 Å². The molecule has 0 aliphatic carbocycles. The fourth-order valence-electron chi connectivity index (χ4n) is 2.78. The lowest BCUT2D eigenvalue weighted by Gasteiger charge is -2.17. The Bertz CT molecular complexity index is 776. The summed E-state index contributed by atoms with van der Waals surface area (Å²) in [6, 6.07) is 10.6. The molecule has 7 nitrogen and oxygen atoms in total. The SMILES string of the molecule is COc1ccc(N2C[C@@H](C(=O)Nc3cccnc3OC)CC2=O)cc1. The van der Waals surface area contributed by atoms with E-state index >= 15 is 0 Å². The molecule has 0 saturated carbocycles. The quantitative estimate of drug-likeness (QED) is 0.901. The highest BCUT2D eigenvalue weighted by molar-refractivity contribution is 6.03. The van der Waals surface area contributed by atoms with E-state index in [1.54, 1.807) is 54.6 Å². The standard InChI is InChI=1S/C18H19N3O4/c1-24-14-7-5-13(6-8-14)21-11-12(10-16(21)22)17(23)20-15-4-3-9-19-18(15)25-2/h3-9,12H,10-11H2,1-2H3,(H,20,23)/t12-/m0/s1. The van der Waals surface area contributed by atoms with Gasteiger partial charge in [-0.3, -0.25) is 9.59 Å². The highest BCUT2D eigenvalue weighted by Gasteiger charge is 2.35. The monoisotopic (exact) mass is 341 g/mol. The number of methoxy groups -OCH3 is 2. The van der Waals surface area contributed by atoms with Gasteiger partial charge in [0.1, 0.15) is 11.4 Å². The van der Waals surface area contributed by atoms with E-state index in [4.69, 9.17) is 9.47 Å². The van der Waals surface area contributed by atoms with E-state index in [9.17, 15) is 9.59 Å². The van der Waals surface area contributed by atoms with Crippen LogP contribution in [-0.4, -0.2) is 37.6 Å². The number of carbonyl (C=O) groups is 2. The number of benzene rings is 1. The fourth-order valence-corrected chi connectivity index (χ4v) is 2.78. The molecule has 1 saturated heterocycles. The number of nitrogens with zero attached hydrogens (tertiary/aromatic N) is 2. The lowest BCUT2D eigenvalue weighted by atomic mass is 10.1. The number of hydrogen-bond donors (Lipinski definition) is 1. The molecule has 7 heteroatoms. The van der Waals surface area contributed by atoms with Crippen LogP contribution in [0.2, 0.25) is 0 Å². The van der Waals surface area contributed by atoms with Crippen molar-refractivity contribution in [2.45, 2.75) is 6.42 Å². The second kappa shape index (κ2) is 7.21. The molecule has 0 radical (unpaired) electrons. The van der Waals surface area contributed by atoms with Gasteiger partial charge in [-0.1, -0.05) is 0 Å². The molecule has 3 rings (SSSR count). The average molecular weight is 341 g/mol. The summed E-state index contributed by atoms with van der Waals surface area (Å²) < 4.78 is 10.2. The van der Waals surface area contributed by atoms with Crippen molar-refractivity contribution >= 4 is 23.2 Å². The first kappa shape index (κ1) is 16.8. The molecule has 25 heavy (non-hydrogen) atoms. The predicted octanol–water partition coefficient (Wildman–Crippen LogP) is 2.09. The molecule has 1 N–H and O–H groups in total. The normalized spacial score (nSPS) is 16.6. The molecule has 130 valence electrons. The Morgan fingerprint density at radius 1 is 1.20 bits per heavy atom. The third-order valence-electron chi connectivity index (χ3n) is 4.10. The Balaban J connectivity index is 1.70. The summed E-state index contributed by atoms with van der Waals surface area (Å²) in [7, 11) is 3.07. The maximum Gasteiger partial charge on any atom is 0.237 e. The zero-order chi connectivity index (χ0) is 17.8. The summed E-state index contributed by atoms with van der Waals surface area (Å²) in [6.45, 7) is 0.333. The van der Waals surface area contributed by atoms with E-state index in [-0.39, 0.29) is 18.2 Å². The Hall–Kier alpha value is -3.09. The van der Waals surface area contributed by atoms with Crippen LogP contribution in [0.25, 0.3) is 0 Å². The third-order valence-corrected chi connectivity index (χ3v) is 4.10. The lowest BCUT2D eigenvalue weighted by molar-refractivity contribution is -0.122. The molecule has 2 aromatic rings. The predicted molar refractivity (Wildman–Crippen MR) is 92.9 cm³/mol. The number of hydrogen-bond acceptors (Lipinski definition) is 5. The van der Waals surface area contributed by atoms with Gasteiger partial charge in [-0.25, -0.2) is 4.98 Å². The summed E-state index contributed by atoms with van der Waals surface area (Å²) in [4.78, 5) is 30.5. The Morgan fingerprint density at radius 3 is 2.64 bits per heavy atom. The Labute approximate surface area is 145 Å². The molecule has 1 aliphatic rings. The number of pyridine rings is 1. The summed E-state index contributed by atoms with van der Waals surface area (Å²) in [5.74, 6) is 0.319. The molecule has 0 bridgehead atoms. The molecule has 0 unspecified atom stereocenters. The first-order chi connectivity index (χ1) is 12.1. The number of anilines is 2. The topological polar surface area (TPSA) is 80.8 Å². The van der Waals surface area contributed by atoms with Crippen LogP contribution in [0.3, 0.4) is 0 Å². The smallest absolute Gasteiger partial charge is 0.237 e. The minimum absolute atomic E-state index is 0.0801. The highest BCUT2D eigenvalue weighted by Crippen LogP contribution is 2.28. The summed E-state index contributed by atoms with van der Waals surface area (Å²) >= 11 is 0. The van der Waals surface area contributed by atoms with E-state index in [1.165, 1.54) is 7.11 Å². The van der Waals surface area contributed by atoms with Crippen LogP contribution in [-0.2, 0) is 9.59 Å². The van der Waals surface area contributed by atoms with Gasteiger partial charge in [0, 0.05) is 24.8 Å². The van der Waals surface area contributed by atoms with Crippen molar-refractivity contribution in [1.82, 2.24) is 4.98 Å². The summed E-state index contributed by atoms with van der Waals surface area (Å²) in [6.07, 6.45) is 1.75. The van der Waals surface area contributed by atoms with E-state index in [0.29, 0.717) is 23.9 Å². The van der Waals surface area contributed by atoms with E-state index in [2.05, 4.69) is 10.3 Å². The molecule has 1 aromatic carbocycles. The zero-order valence-corrected chi connectivity index (χ0v) is 14.1. The molecule has 1 atom stereocenters. The first-order valence-electron chi connectivity index (χ1n) is 7.86. The number of carbonyl (C=O) groups excluding carboxylic acids is 2. The summed E-state index contributed by atoms with van der Waals surface area (Å²) in [5, 5.41) is 2.79. The van der Waals surface area contributed by atoms with Crippen LogP contribution in [0, 0.1) is 5.92 Å². The van der Waals surface area contributed by atoms with Crippen molar-refractivity contribution in [3.63, 3.8) is 0 Å². The van der Waals surface area contributed by atoms with E-state index in [1.807, 2.05) is 0 Å². The van der Waals surface area contributed by atoms with Gasteiger partial charge in [0.25, 0.3) is 0 Å².